The van der Waals surface area contributed by atoms with Crippen LogP contribution in [-0.2, 0) is 4.79 Å². The van der Waals surface area contributed by atoms with Crippen LogP contribution in [0.5, 0.6) is 5.75 Å². The van der Waals surface area contributed by atoms with Gasteiger partial charge in [0.25, 0.3) is 0 Å². The van der Waals surface area contributed by atoms with E-state index in [1.54, 1.807) is 14.0 Å². The molecule has 0 aliphatic rings. The van der Waals surface area contributed by atoms with Crippen LogP contribution in [0, 0.1) is 0 Å². The quantitative estimate of drug-likeness (QED) is 0.925. The SMILES string of the molecule is COc1ccc2cc([C@H](C)C(=O)O)ccc2c1.Cl. The molecular formula is C14H15ClO3. The summed E-state index contributed by atoms with van der Waals surface area (Å²) in [6.07, 6.45) is 0. The minimum absolute atomic E-state index is 0. The van der Waals surface area contributed by atoms with Crippen LogP contribution in [0.1, 0.15) is 18.4 Å². The van der Waals surface area contributed by atoms with Gasteiger partial charge in [0.05, 0.1) is 13.0 Å². The van der Waals surface area contributed by atoms with Crippen LogP contribution in [0.15, 0.2) is 36.4 Å². The molecule has 0 bridgehead atoms. The van der Waals surface area contributed by atoms with Gasteiger partial charge < -0.3 is 9.84 Å². The Morgan fingerprint density at radius 1 is 1.17 bits per heavy atom. The van der Waals surface area contributed by atoms with Crippen LogP contribution in [0.3, 0.4) is 0 Å². The van der Waals surface area contributed by atoms with Gasteiger partial charge in [-0.15, -0.1) is 12.4 Å². The number of hydrogen-bond acceptors (Lipinski definition) is 2. The van der Waals surface area contributed by atoms with Crippen molar-refractivity contribution in [1.29, 1.82) is 0 Å². The Hall–Kier alpha value is -1.74. The number of benzene rings is 2. The first kappa shape index (κ1) is 14.3. The van der Waals surface area contributed by atoms with Gasteiger partial charge in [0.15, 0.2) is 0 Å². The molecule has 96 valence electrons. The van der Waals surface area contributed by atoms with Gasteiger partial charge in [-0.1, -0.05) is 24.3 Å². The van der Waals surface area contributed by atoms with Gasteiger partial charge in [-0.05, 0) is 35.4 Å². The summed E-state index contributed by atoms with van der Waals surface area (Å²) >= 11 is 0. The highest BCUT2D eigenvalue weighted by atomic mass is 35.5. The highest BCUT2D eigenvalue weighted by Gasteiger charge is 2.13. The fourth-order valence-corrected chi connectivity index (χ4v) is 1.78. The van der Waals surface area contributed by atoms with E-state index in [0.717, 1.165) is 22.1 Å². The highest BCUT2D eigenvalue weighted by Crippen LogP contribution is 2.25. The first-order chi connectivity index (χ1) is 8.11. The lowest BCUT2D eigenvalue weighted by Gasteiger charge is -2.08. The van der Waals surface area contributed by atoms with Crippen molar-refractivity contribution in [2.24, 2.45) is 0 Å². The Balaban J connectivity index is 0.00000162. The third-order valence-corrected chi connectivity index (χ3v) is 2.94. The van der Waals surface area contributed by atoms with E-state index in [1.165, 1.54) is 0 Å². The predicted octanol–water partition coefficient (Wildman–Crippen LogP) is 3.46. The maximum atomic E-state index is 10.9. The van der Waals surface area contributed by atoms with Crippen molar-refractivity contribution in [3.63, 3.8) is 0 Å². The zero-order valence-electron chi connectivity index (χ0n) is 10.2. The van der Waals surface area contributed by atoms with E-state index < -0.39 is 11.9 Å². The number of rotatable bonds is 3. The summed E-state index contributed by atoms with van der Waals surface area (Å²) < 4.78 is 5.14. The van der Waals surface area contributed by atoms with Crippen LogP contribution < -0.4 is 4.74 Å². The van der Waals surface area contributed by atoms with Crippen molar-refractivity contribution < 1.29 is 14.6 Å². The van der Waals surface area contributed by atoms with Gasteiger partial charge in [-0.25, -0.2) is 0 Å². The topological polar surface area (TPSA) is 46.5 Å². The first-order valence-electron chi connectivity index (χ1n) is 5.42. The number of carbonyl (C=O) groups is 1. The van der Waals surface area contributed by atoms with Gasteiger partial charge in [0.2, 0.25) is 0 Å². The second-order valence-corrected chi connectivity index (χ2v) is 4.03. The molecule has 18 heavy (non-hydrogen) atoms. The summed E-state index contributed by atoms with van der Waals surface area (Å²) in [5.74, 6) is -0.490. The molecule has 0 saturated carbocycles. The molecule has 0 saturated heterocycles. The molecule has 0 amide bonds. The number of ether oxygens (including phenoxy) is 1. The molecule has 0 unspecified atom stereocenters. The van der Waals surface area contributed by atoms with Crippen molar-refractivity contribution in [3.05, 3.63) is 42.0 Å². The lowest BCUT2D eigenvalue weighted by Crippen LogP contribution is -2.06. The van der Waals surface area contributed by atoms with Gasteiger partial charge in [0, 0.05) is 0 Å². The maximum absolute atomic E-state index is 10.9. The molecule has 0 aromatic heterocycles. The lowest BCUT2D eigenvalue weighted by molar-refractivity contribution is -0.138. The van der Waals surface area contributed by atoms with E-state index in [9.17, 15) is 4.79 Å². The van der Waals surface area contributed by atoms with Gasteiger partial charge in [-0.2, -0.15) is 0 Å². The van der Waals surface area contributed by atoms with Crippen LogP contribution in [0.25, 0.3) is 10.8 Å². The van der Waals surface area contributed by atoms with Gasteiger partial charge in [0.1, 0.15) is 5.75 Å². The standard InChI is InChI=1S/C14H14O3.ClH/c1-9(14(15)16)10-3-4-12-8-13(17-2)6-5-11(12)7-10;/h3-9H,1-2H3,(H,15,16);1H/t9-;/m0./s1. The Labute approximate surface area is 112 Å². The average Bonchev–Trinajstić information content (AvgIpc) is 2.36. The number of fused-ring (bicyclic) bond motifs is 1. The highest BCUT2D eigenvalue weighted by molar-refractivity contribution is 5.86. The molecule has 0 radical (unpaired) electrons. The number of halogens is 1. The molecule has 0 aliphatic heterocycles. The fourth-order valence-electron chi connectivity index (χ4n) is 1.78. The predicted molar refractivity (Wildman–Crippen MR) is 73.8 cm³/mol. The minimum Gasteiger partial charge on any atom is -0.497 e. The molecule has 2 aromatic rings. The van der Waals surface area contributed by atoms with E-state index in [-0.39, 0.29) is 12.4 Å². The Morgan fingerprint density at radius 3 is 2.39 bits per heavy atom. The Kier molecular flexibility index (Phi) is 4.56. The van der Waals surface area contributed by atoms with Crippen LogP contribution in [0.2, 0.25) is 0 Å². The number of carboxylic acids is 1. The van der Waals surface area contributed by atoms with Crippen molar-refractivity contribution >= 4 is 29.1 Å². The minimum atomic E-state index is -0.808. The maximum Gasteiger partial charge on any atom is 0.310 e. The monoisotopic (exact) mass is 266 g/mol. The molecule has 1 atom stereocenters. The fraction of sp³-hybridized carbons (Fsp3) is 0.214. The molecular weight excluding hydrogens is 252 g/mol. The largest absolute Gasteiger partial charge is 0.497 e. The van der Waals surface area contributed by atoms with Crippen LogP contribution >= 0.6 is 12.4 Å². The molecule has 3 nitrogen and oxygen atoms in total. The van der Waals surface area contributed by atoms with Crippen LogP contribution in [-0.4, -0.2) is 18.2 Å². The summed E-state index contributed by atoms with van der Waals surface area (Å²) in [5, 5.41) is 11.0. The van der Waals surface area contributed by atoms with E-state index in [0.29, 0.717) is 0 Å². The number of aliphatic carboxylic acids is 1. The zero-order chi connectivity index (χ0) is 12.4. The Morgan fingerprint density at radius 2 is 1.78 bits per heavy atom. The van der Waals surface area contributed by atoms with E-state index in [2.05, 4.69) is 0 Å². The van der Waals surface area contributed by atoms with Gasteiger partial charge in [-0.3, -0.25) is 4.79 Å². The summed E-state index contributed by atoms with van der Waals surface area (Å²) in [4.78, 5) is 10.9. The number of carboxylic acid groups (broad SMARTS) is 1. The first-order valence-corrected chi connectivity index (χ1v) is 5.42. The molecule has 0 fully saturated rings. The molecule has 2 rings (SSSR count). The Bertz CT molecular complexity index is 566. The molecule has 0 spiro atoms. The molecule has 0 aliphatic carbocycles. The van der Waals surface area contributed by atoms with E-state index in [1.807, 2.05) is 36.4 Å². The smallest absolute Gasteiger partial charge is 0.310 e. The second kappa shape index (κ2) is 5.74. The summed E-state index contributed by atoms with van der Waals surface area (Å²) in [5.41, 5.74) is 0.815. The van der Waals surface area contributed by atoms with Crippen molar-refractivity contribution in [3.8, 4) is 5.75 Å². The average molecular weight is 267 g/mol. The van der Waals surface area contributed by atoms with E-state index >= 15 is 0 Å². The normalized spacial score (nSPS) is 11.7. The van der Waals surface area contributed by atoms with Crippen molar-refractivity contribution in [1.82, 2.24) is 0 Å². The third-order valence-electron chi connectivity index (χ3n) is 2.94. The summed E-state index contributed by atoms with van der Waals surface area (Å²) in [6, 6.07) is 11.4. The number of hydrogen-bond donors (Lipinski definition) is 1. The molecule has 2 aromatic carbocycles. The zero-order valence-corrected chi connectivity index (χ0v) is 11.0. The number of methoxy groups -OCH3 is 1. The molecule has 4 heteroatoms. The molecule has 1 N–H and O–H groups in total. The second-order valence-electron chi connectivity index (χ2n) is 4.03. The summed E-state index contributed by atoms with van der Waals surface area (Å²) in [7, 11) is 1.63. The summed E-state index contributed by atoms with van der Waals surface area (Å²) in [6.45, 7) is 1.69. The lowest BCUT2D eigenvalue weighted by atomic mass is 9.98. The van der Waals surface area contributed by atoms with Crippen LogP contribution in [0.4, 0.5) is 0 Å². The van der Waals surface area contributed by atoms with Crippen molar-refractivity contribution in [2.75, 3.05) is 7.11 Å². The van der Waals surface area contributed by atoms with Gasteiger partial charge >= 0.3 is 5.97 Å². The van der Waals surface area contributed by atoms with E-state index in [4.69, 9.17) is 9.84 Å². The molecule has 0 heterocycles. The van der Waals surface area contributed by atoms with Crippen molar-refractivity contribution in [2.45, 2.75) is 12.8 Å². The third kappa shape index (κ3) is 2.74.